The second-order valence-corrected chi connectivity index (χ2v) is 8.81. The highest BCUT2D eigenvalue weighted by molar-refractivity contribution is 6.71. The lowest BCUT2D eigenvalue weighted by Crippen LogP contribution is -2.38. The van der Waals surface area contributed by atoms with E-state index in [1.807, 2.05) is 0 Å². The molecule has 0 aliphatic carbocycles. The molecule has 1 rings (SSSR count). The van der Waals surface area contributed by atoms with Crippen LogP contribution in [0.1, 0.15) is 17.3 Å². The summed E-state index contributed by atoms with van der Waals surface area (Å²) in [6, 6.07) is 0. The van der Waals surface area contributed by atoms with E-state index in [0.29, 0.717) is 6.61 Å². The molecule has 0 atom stereocenters. The van der Waals surface area contributed by atoms with Gasteiger partial charge in [-0.3, -0.25) is 0 Å². The third-order valence-corrected chi connectivity index (χ3v) is 4.41. The van der Waals surface area contributed by atoms with Crippen LogP contribution in [0.25, 0.3) is 0 Å². The first kappa shape index (κ1) is 17.6. The Morgan fingerprint density at radius 1 is 0.952 bits per heavy atom. The molecule has 21 heavy (non-hydrogen) atoms. The fourth-order valence-electron chi connectivity index (χ4n) is 1.53. The molecule has 118 valence electrons. The molecule has 0 bridgehead atoms. The van der Waals surface area contributed by atoms with Crippen LogP contribution in [0, 0.1) is 29.1 Å². The summed E-state index contributed by atoms with van der Waals surface area (Å²) in [7, 11) is -2.42. The molecule has 0 saturated carbocycles. The van der Waals surface area contributed by atoms with Crippen LogP contribution in [-0.4, -0.2) is 27.1 Å². The highest BCUT2D eigenvalue weighted by Crippen LogP contribution is 2.23. The highest BCUT2D eigenvalue weighted by atomic mass is 28.4. The van der Waals surface area contributed by atoms with Crippen molar-refractivity contribution < 1.29 is 35.9 Å². The lowest BCUT2D eigenvalue weighted by Gasteiger charge is -2.21. The van der Waals surface area contributed by atoms with Gasteiger partial charge in [-0.15, -0.1) is 0 Å². The third-order valence-electron chi connectivity index (χ3n) is 2.50. The summed E-state index contributed by atoms with van der Waals surface area (Å²) in [5.74, 6) is -12.8. The lowest BCUT2D eigenvalue weighted by molar-refractivity contribution is 0.0532. The lowest BCUT2D eigenvalue weighted by atomic mass is 10.1. The molecule has 0 spiro atoms. The minimum absolute atomic E-state index is 0.279. The molecule has 0 aliphatic rings. The van der Waals surface area contributed by atoms with E-state index in [1.165, 1.54) is 0 Å². The van der Waals surface area contributed by atoms with Gasteiger partial charge in [0.05, 0.1) is 0 Å². The van der Waals surface area contributed by atoms with E-state index in [-0.39, 0.29) is 6.23 Å². The van der Waals surface area contributed by atoms with Crippen molar-refractivity contribution in [1.82, 2.24) is 0 Å². The van der Waals surface area contributed by atoms with Gasteiger partial charge in [0.25, 0.3) is 0 Å². The Kier molecular flexibility index (Phi) is 5.46. The molecule has 0 fully saturated rings. The number of carbonyl (C=O) groups excluding carboxylic acids is 1. The number of hydrogen-bond donors (Lipinski definition) is 0. The molecule has 1 aromatic rings. The van der Waals surface area contributed by atoms with E-state index in [9.17, 15) is 26.7 Å². The maximum absolute atomic E-state index is 13.4. The van der Waals surface area contributed by atoms with Crippen molar-refractivity contribution >= 4 is 14.3 Å². The van der Waals surface area contributed by atoms with Gasteiger partial charge >= 0.3 is 5.97 Å². The normalized spacial score (nSPS) is 11.6. The molecule has 0 heterocycles. The Morgan fingerprint density at radius 2 is 1.38 bits per heavy atom. The Morgan fingerprint density at radius 3 is 1.81 bits per heavy atom. The number of rotatable bonds is 5. The van der Waals surface area contributed by atoms with Crippen LogP contribution >= 0.6 is 0 Å². The predicted octanol–water partition coefficient (Wildman–Crippen LogP) is 3.32. The third kappa shape index (κ3) is 3.79. The van der Waals surface area contributed by atoms with Crippen LogP contribution in [0.4, 0.5) is 22.0 Å². The van der Waals surface area contributed by atoms with Gasteiger partial charge in [-0.2, -0.15) is 0 Å². The van der Waals surface area contributed by atoms with Crippen molar-refractivity contribution in [3.8, 4) is 0 Å². The van der Waals surface area contributed by atoms with Crippen molar-refractivity contribution in [2.45, 2.75) is 20.0 Å². The number of hydrogen-bond acceptors (Lipinski definition) is 3. The van der Waals surface area contributed by atoms with E-state index in [0.717, 1.165) is 0 Å². The first-order chi connectivity index (χ1) is 9.62. The van der Waals surface area contributed by atoms with Gasteiger partial charge in [0.15, 0.2) is 23.3 Å². The molecule has 0 amide bonds. The van der Waals surface area contributed by atoms with Crippen molar-refractivity contribution in [2.24, 2.45) is 0 Å². The SMILES string of the molecule is CCO[Si](C)(C)COC(=O)c1c(F)c(F)c(F)c(F)c1F. The average Bonchev–Trinajstić information content (AvgIpc) is 2.41. The van der Waals surface area contributed by atoms with Gasteiger partial charge in [-0.25, -0.2) is 26.7 Å². The van der Waals surface area contributed by atoms with Crippen LogP contribution in [0.5, 0.6) is 0 Å². The fraction of sp³-hybridized carbons (Fsp3) is 0.417. The molecule has 0 radical (unpaired) electrons. The van der Waals surface area contributed by atoms with Gasteiger partial charge < -0.3 is 9.16 Å². The fourth-order valence-corrected chi connectivity index (χ4v) is 2.87. The molecule has 0 aliphatic heterocycles. The van der Waals surface area contributed by atoms with E-state index >= 15 is 0 Å². The summed E-state index contributed by atoms with van der Waals surface area (Å²) < 4.78 is 75.5. The van der Waals surface area contributed by atoms with Gasteiger partial charge in [0.2, 0.25) is 14.1 Å². The van der Waals surface area contributed by atoms with Crippen molar-refractivity contribution in [3.63, 3.8) is 0 Å². The number of carbonyl (C=O) groups is 1. The summed E-state index contributed by atoms with van der Waals surface area (Å²) in [4.78, 5) is 11.6. The number of halogens is 5. The van der Waals surface area contributed by atoms with E-state index in [4.69, 9.17) is 4.43 Å². The minimum atomic E-state index is -2.42. The Labute approximate surface area is 118 Å². The molecule has 1 aromatic carbocycles. The predicted molar refractivity (Wildman–Crippen MR) is 65.6 cm³/mol. The van der Waals surface area contributed by atoms with Crippen LogP contribution in [0.15, 0.2) is 0 Å². The summed E-state index contributed by atoms with van der Waals surface area (Å²) in [5, 5.41) is 0. The van der Waals surface area contributed by atoms with Gasteiger partial charge in [0.1, 0.15) is 11.8 Å². The number of esters is 1. The zero-order valence-electron chi connectivity index (χ0n) is 11.5. The summed E-state index contributed by atoms with van der Waals surface area (Å²) in [5.41, 5.74) is -1.60. The number of benzene rings is 1. The van der Waals surface area contributed by atoms with Crippen LogP contribution in [0.3, 0.4) is 0 Å². The molecule has 0 aromatic heterocycles. The second-order valence-electron chi connectivity index (χ2n) is 4.71. The van der Waals surface area contributed by atoms with Crippen molar-refractivity contribution in [3.05, 3.63) is 34.6 Å². The zero-order valence-corrected chi connectivity index (χ0v) is 12.5. The first-order valence-corrected chi connectivity index (χ1v) is 9.06. The number of ether oxygens (including phenoxy) is 1. The average molecular weight is 328 g/mol. The second kappa shape index (κ2) is 6.52. The van der Waals surface area contributed by atoms with Gasteiger partial charge in [-0.05, 0) is 20.0 Å². The minimum Gasteiger partial charge on any atom is -0.463 e. The topological polar surface area (TPSA) is 35.5 Å². The first-order valence-electron chi connectivity index (χ1n) is 5.95. The molecule has 0 N–H and O–H groups in total. The Balaban J connectivity index is 3.04. The summed E-state index contributed by atoms with van der Waals surface area (Å²) >= 11 is 0. The summed E-state index contributed by atoms with van der Waals surface area (Å²) in [6.07, 6.45) is -0.279. The maximum Gasteiger partial charge on any atom is 0.344 e. The quantitative estimate of drug-likeness (QED) is 0.273. The molecule has 0 saturated heterocycles. The summed E-state index contributed by atoms with van der Waals surface area (Å²) in [6.45, 7) is 5.39. The van der Waals surface area contributed by atoms with Crippen LogP contribution < -0.4 is 0 Å². The molecule has 0 unspecified atom stereocenters. The van der Waals surface area contributed by atoms with Crippen molar-refractivity contribution in [1.29, 1.82) is 0 Å². The van der Waals surface area contributed by atoms with Gasteiger partial charge in [-0.1, -0.05) is 0 Å². The molecular formula is C12H13F5O3Si. The molecule has 3 nitrogen and oxygen atoms in total. The Bertz CT molecular complexity index is 533. The zero-order chi connectivity index (χ0) is 16.4. The molecular weight excluding hydrogens is 315 g/mol. The molecule has 9 heteroatoms. The van der Waals surface area contributed by atoms with Gasteiger partial charge in [0, 0.05) is 6.61 Å². The standard InChI is InChI=1S/C12H13F5O3Si/c1-4-20-21(2,3)5-19-12(18)6-7(13)9(15)11(17)10(16)8(6)14/h4-5H2,1-3H3. The van der Waals surface area contributed by atoms with E-state index < -0.39 is 48.9 Å². The smallest absolute Gasteiger partial charge is 0.344 e. The van der Waals surface area contributed by atoms with E-state index in [1.54, 1.807) is 20.0 Å². The monoisotopic (exact) mass is 328 g/mol. The van der Waals surface area contributed by atoms with Crippen LogP contribution in [0.2, 0.25) is 13.1 Å². The Hall–Kier alpha value is -1.48. The van der Waals surface area contributed by atoms with E-state index in [2.05, 4.69) is 4.74 Å². The van der Waals surface area contributed by atoms with Crippen LogP contribution in [-0.2, 0) is 9.16 Å². The van der Waals surface area contributed by atoms with Crippen molar-refractivity contribution in [2.75, 3.05) is 12.8 Å². The largest absolute Gasteiger partial charge is 0.463 e. The maximum atomic E-state index is 13.4. The highest BCUT2D eigenvalue weighted by Gasteiger charge is 2.32.